The van der Waals surface area contributed by atoms with Crippen molar-refractivity contribution in [2.75, 3.05) is 11.3 Å². The molecule has 5 nitrogen and oxygen atoms in total. The van der Waals surface area contributed by atoms with Crippen molar-refractivity contribution in [2.45, 2.75) is 51.2 Å². The average molecular weight is 331 g/mol. The van der Waals surface area contributed by atoms with E-state index in [0.29, 0.717) is 23.4 Å². The molecule has 21 heavy (non-hydrogen) atoms. The van der Waals surface area contributed by atoms with E-state index in [0.717, 1.165) is 24.1 Å². The molecular formula is C14H21NO4S2. The van der Waals surface area contributed by atoms with Gasteiger partial charge in [-0.05, 0) is 32.3 Å². The van der Waals surface area contributed by atoms with Gasteiger partial charge >= 0.3 is 5.97 Å². The number of thiophene rings is 1. The van der Waals surface area contributed by atoms with Gasteiger partial charge in [-0.2, -0.15) is 0 Å². The molecule has 0 amide bonds. The van der Waals surface area contributed by atoms with Crippen molar-refractivity contribution in [1.82, 2.24) is 0 Å². The third kappa shape index (κ3) is 3.77. The fraction of sp³-hybridized carbons (Fsp3) is 0.643. The van der Waals surface area contributed by atoms with Crippen molar-refractivity contribution < 1.29 is 17.9 Å². The largest absolute Gasteiger partial charge is 0.462 e. The first-order chi connectivity index (χ1) is 9.97. The molecule has 0 unspecified atom stereocenters. The first kappa shape index (κ1) is 16.3. The van der Waals surface area contributed by atoms with Crippen molar-refractivity contribution >= 4 is 32.3 Å². The van der Waals surface area contributed by atoms with E-state index in [2.05, 4.69) is 4.72 Å². The lowest BCUT2D eigenvalue weighted by Crippen LogP contribution is -2.25. The van der Waals surface area contributed by atoms with Crippen molar-refractivity contribution in [3.05, 3.63) is 16.5 Å². The Hall–Kier alpha value is -1.08. The van der Waals surface area contributed by atoms with Crippen LogP contribution in [0, 0.1) is 0 Å². The monoisotopic (exact) mass is 331 g/mol. The molecule has 1 aromatic rings. The number of carbonyl (C=O) groups is 1. The zero-order valence-corrected chi connectivity index (χ0v) is 14.0. The molecule has 1 fully saturated rings. The maximum absolute atomic E-state index is 12.4. The number of nitrogens with one attached hydrogen (secondary N) is 1. The summed E-state index contributed by atoms with van der Waals surface area (Å²) in [6.07, 6.45) is 4.02. The topological polar surface area (TPSA) is 72.5 Å². The molecular weight excluding hydrogens is 310 g/mol. The Morgan fingerprint density at radius 3 is 2.62 bits per heavy atom. The summed E-state index contributed by atoms with van der Waals surface area (Å²) in [5, 5.41) is 0.0388. The highest BCUT2D eigenvalue weighted by atomic mass is 32.2. The van der Waals surface area contributed by atoms with E-state index in [4.69, 9.17) is 4.74 Å². The summed E-state index contributed by atoms with van der Waals surface area (Å²) in [7, 11) is -3.43. The Balaban J connectivity index is 2.25. The van der Waals surface area contributed by atoms with Gasteiger partial charge in [0.25, 0.3) is 0 Å². The zero-order valence-electron chi connectivity index (χ0n) is 12.3. The lowest BCUT2D eigenvalue weighted by Gasteiger charge is -2.13. The molecule has 1 heterocycles. The molecule has 7 heteroatoms. The summed E-state index contributed by atoms with van der Waals surface area (Å²) >= 11 is 1.31. The Labute approximate surface area is 129 Å². The minimum Gasteiger partial charge on any atom is -0.462 e. The van der Waals surface area contributed by atoms with Gasteiger partial charge in [0.2, 0.25) is 10.0 Å². The number of esters is 1. The van der Waals surface area contributed by atoms with Crippen LogP contribution in [0.4, 0.5) is 5.00 Å². The first-order valence-corrected chi connectivity index (χ1v) is 9.65. The van der Waals surface area contributed by atoms with Gasteiger partial charge < -0.3 is 4.74 Å². The number of hydrogen-bond donors (Lipinski definition) is 1. The van der Waals surface area contributed by atoms with Crippen LogP contribution in [0.5, 0.6) is 0 Å². The van der Waals surface area contributed by atoms with Crippen LogP contribution in [0.2, 0.25) is 0 Å². The van der Waals surface area contributed by atoms with Crippen LogP contribution in [0.15, 0.2) is 6.07 Å². The molecule has 0 aromatic carbocycles. The predicted molar refractivity (Wildman–Crippen MR) is 84.5 cm³/mol. The van der Waals surface area contributed by atoms with Crippen LogP contribution in [-0.2, 0) is 21.2 Å². The predicted octanol–water partition coefficient (Wildman–Crippen LogP) is 3.17. The summed E-state index contributed by atoms with van der Waals surface area (Å²) in [5.41, 5.74) is 0.320. The molecule has 2 rings (SSSR count). The lowest BCUT2D eigenvalue weighted by molar-refractivity contribution is 0.0528. The molecule has 1 N–H and O–H groups in total. The Morgan fingerprint density at radius 2 is 2.05 bits per heavy atom. The molecule has 0 saturated heterocycles. The molecule has 0 aliphatic heterocycles. The van der Waals surface area contributed by atoms with Gasteiger partial charge in [0, 0.05) is 4.88 Å². The Bertz CT molecular complexity index is 600. The molecule has 1 aromatic heterocycles. The third-order valence-corrected chi connectivity index (χ3v) is 6.76. The van der Waals surface area contributed by atoms with Crippen molar-refractivity contribution in [3.63, 3.8) is 0 Å². The molecule has 0 radical (unpaired) electrons. The van der Waals surface area contributed by atoms with E-state index < -0.39 is 16.0 Å². The van der Waals surface area contributed by atoms with Gasteiger partial charge in [0.1, 0.15) is 5.00 Å². The number of sulfonamides is 1. The maximum Gasteiger partial charge on any atom is 0.341 e. The summed E-state index contributed by atoms with van der Waals surface area (Å²) in [4.78, 5) is 12.9. The van der Waals surface area contributed by atoms with Crippen LogP contribution in [0.1, 0.15) is 54.8 Å². The fourth-order valence-corrected chi connectivity index (χ4v) is 5.30. The van der Waals surface area contributed by atoms with Gasteiger partial charge in [-0.15, -0.1) is 11.3 Å². The van der Waals surface area contributed by atoms with E-state index in [1.54, 1.807) is 13.0 Å². The highest BCUT2D eigenvalue weighted by Crippen LogP contribution is 2.33. The molecule has 0 atom stereocenters. The standard InChI is InChI=1S/C14H21NO4S2/c1-3-10-9-12(14(16)19-4-2)13(20-10)15-21(17,18)11-7-5-6-8-11/h9,11,15H,3-8H2,1-2H3. The second-order valence-electron chi connectivity index (χ2n) is 5.08. The van der Waals surface area contributed by atoms with Crippen LogP contribution < -0.4 is 4.72 Å². The minimum atomic E-state index is -3.43. The number of hydrogen-bond acceptors (Lipinski definition) is 5. The SMILES string of the molecule is CCOC(=O)c1cc(CC)sc1NS(=O)(=O)C1CCCC1. The molecule has 1 saturated carbocycles. The van der Waals surface area contributed by atoms with Gasteiger partial charge in [-0.25, -0.2) is 13.2 Å². The van der Waals surface area contributed by atoms with E-state index in [9.17, 15) is 13.2 Å². The van der Waals surface area contributed by atoms with Crippen molar-refractivity contribution in [3.8, 4) is 0 Å². The molecule has 118 valence electrons. The van der Waals surface area contributed by atoms with E-state index in [-0.39, 0.29) is 11.9 Å². The molecule has 0 bridgehead atoms. The summed E-state index contributed by atoms with van der Waals surface area (Å²) in [6.45, 7) is 3.97. The second-order valence-corrected chi connectivity index (χ2v) is 8.18. The average Bonchev–Trinajstić information content (AvgIpc) is 3.07. The Morgan fingerprint density at radius 1 is 1.38 bits per heavy atom. The summed E-state index contributed by atoms with van der Waals surface area (Å²) in [6, 6.07) is 1.72. The van der Waals surface area contributed by atoms with E-state index in [1.807, 2.05) is 6.92 Å². The van der Waals surface area contributed by atoms with Gasteiger partial charge in [0.05, 0.1) is 17.4 Å². The third-order valence-electron chi connectivity index (χ3n) is 3.60. The number of rotatable bonds is 6. The Kier molecular flexibility index (Phi) is 5.27. The van der Waals surface area contributed by atoms with Crippen LogP contribution >= 0.6 is 11.3 Å². The fourth-order valence-electron chi connectivity index (χ4n) is 2.46. The van der Waals surface area contributed by atoms with Crippen LogP contribution in [0.3, 0.4) is 0 Å². The lowest BCUT2D eigenvalue weighted by atomic mass is 10.2. The smallest absolute Gasteiger partial charge is 0.341 e. The van der Waals surface area contributed by atoms with Crippen molar-refractivity contribution in [2.24, 2.45) is 0 Å². The van der Waals surface area contributed by atoms with Crippen LogP contribution in [0.25, 0.3) is 0 Å². The second kappa shape index (κ2) is 6.79. The normalized spacial score (nSPS) is 16.1. The number of aryl methyl sites for hydroxylation is 1. The summed E-state index contributed by atoms with van der Waals surface area (Å²) in [5.74, 6) is -0.474. The van der Waals surface area contributed by atoms with Gasteiger partial charge in [-0.3, -0.25) is 4.72 Å². The van der Waals surface area contributed by atoms with Gasteiger partial charge in [0.15, 0.2) is 0 Å². The maximum atomic E-state index is 12.4. The summed E-state index contributed by atoms with van der Waals surface area (Å²) < 4.78 is 32.4. The van der Waals surface area contributed by atoms with Crippen molar-refractivity contribution in [1.29, 1.82) is 0 Å². The highest BCUT2D eigenvalue weighted by Gasteiger charge is 2.30. The first-order valence-electron chi connectivity index (χ1n) is 7.29. The quantitative estimate of drug-likeness (QED) is 0.813. The highest BCUT2D eigenvalue weighted by molar-refractivity contribution is 7.93. The molecule has 1 aliphatic carbocycles. The van der Waals surface area contributed by atoms with Crippen LogP contribution in [-0.4, -0.2) is 26.2 Å². The van der Waals surface area contributed by atoms with E-state index >= 15 is 0 Å². The number of ether oxygens (including phenoxy) is 1. The number of carbonyl (C=O) groups excluding carboxylic acids is 1. The zero-order chi connectivity index (χ0) is 15.5. The number of anilines is 1. The minimum absolute atomic E-state index is 0.269. The molecule has 0 spiro atoms. The van der Waals surface area contributed by atoms with Gasteiger partial charge in [-0.1, -0.05) is 19.8 Å². The van der Waals surface area contributed by atoms with E-state index in [1.165, 1.54) is 11.3 Å². The molecule has 1 aliphatic rings.